The fraction of sp³-hybridized carbons (Fsp3) is 1.00. The fourth-order valence-corrected chi connectivity index (χ4v) is 1.15. The number of hydrogen-bond donors (Lipinski definition) is 4. The highest BCUT2D eigenvalue weighted by Crippen LogP contribution is 2.12. The fourth-order valence-electron chi connectivity index (χ4n) is 1.15. The van der Waals surface area contributed by atoms with E-state index in [4.69, 9.17) is 21.7 Å². The summed E-state index contributed by atoms with van der Waals surface area (Å²) in [5.74, 6) is -0.431. The first-order chi connectivity index (χ1) is 5.00. The first-order valence-corrected chi connectivity index (χ1v) is 3.88. The Bertz CT molecular complexity index is 98.6. The van der Waals surface area contributed by atoms with E-state index < -0.39 is 12.2 Å². The molecule has 0 bridgehead atoms. The highest BCUT2D eigenvalue weighted by molar-refractivity contribution is 4.79. The van der Waals surface area contributed by atoms with Crippen LogP contribution in [0.1, 0.15) is 20.3 Å². The van der Waals surface area contributed by atoms with Crippen molar-refractivity contribution in [2.45, 2.75) is 38.6 Å². The molecule has 3 unspecified atom stereocenters. The second-order valence-electron chi connectivity index (χ2n) is 2.92. The van der Waals surface area contributed by atoms with E-state index in [0.29, 0.717) is 6.42 Å². The summed E-state index contributed by atoms with van der Waals surface area (Å²) in [5.41, 5.74) is 11.1. The lowest BCUT2D eigenvalue weighted by Crippen LogP contribution is -2.47. The average Bonchev–Trinajstić information content (AvgIpc) is 1.85. The number of aliphatic hydroxyl groups excluding tert-OH is 1. The van der Waals surface area contributed by atoms with Gasteiger partial charge in [-0.15, -0.1) is 0 Å². The van der Waals surface area contributed by atoms with Crippen molar-refractivity contribution >= 4 is 0 Å². The van der Waals surface area contributed by atoms with Gasteiger partial charge in [0.05, 0.1) is 0 Å². The SMILES string of the molecule is CCC(N)C(C(C)N)C(O)O. The molecule has 4 nitrogen and oxygen atoms in total. The molecule has 68 valence electrons. The van der Waals surface area contributed by atoms with Crippen molar-refractivity contribution in [1.82, 2.24) is 0 Å². The quantitative estimate of drug-likeness (QED) is 0.399. The minimum absolute atomic E-state index is 0.241. The van der Waals surface area contributed by atoms with Crippen molar-refractivity contribution in [3.8, 4) is 0 Å². The molecule has 0 aromatic carbocycles. The summed E-state index contributed by atoms with van der Waals surface area (Å²) in [6.45, 7) is 3.61. The first kappa shape index (κ1) is 10.8. The van der Waals surface area contributed by atoms with E-state index in [2.05, 4.69) is 0 Å². The van der Waals surface area contributed by atoms with Gasteiger partial charge in [-0.25, -0.2) is 0 Å². The average molecular weight is 162 g/mol. The Balaban J connectivity index is 4.09. The van der Waals surface area contributed by atoms with Gasteiger partial charge in [0.25, 0.3) is 0 Å². The molecule has 0 saturated carbocycles. The Morgan fingerprint density at radius 1 is 1.27 bits per heavy atom. The molecular weight excluding hydrogens is 144 g/mol. The largest absolute Gasteiger partial charge is 0.368 e. The molecule has 0 heterocycles. The number of hydrogen-bond acceptors (Lipinski definition) is 4. The van der Waals surface area contributed by atoms with Gasteiger partial charge in [0, 0.05) is 18.0 Å². The molecule has 0 aromatic heterocycles. The molecule has 6 N–H and O–H groups in total. The van der Waals surface area contributed by atoms with Crippen molar-refractivity contribution < 1.29 is 10.2 Å². The summed E-state index contributed by atoms with van der Waals surface area (Å²) in [5, 5.41) is 17.8. The zero-order valence-corrected chi connectivity index (χ0v) is 7.07. The van der Waals surface area contributed by atoms with Gasteiger partial charge in [-0.1, -0.05) is 6.92 Å². The summed E-state index contributed by atoms with van der Waals surface area (Å²) in [4.78, 5) is 0. The standard InChI is InChI=1S/C7H18N2O2/c1-3-5(9)6(4(2)8)7(10)11/h4-7,10-11H,3,8-9H2,1-2H3. The summed E-state index contributed by atoms with van der Waals surface area (Å²) in [7, 11) is 0. The second-order valence-corrected chi connectivity index (χ2v) is 2.92. The maximum absolute atomic E-state index is 8.88. The molecule has 4 heteroatoms. The van der Waals surface area contributed by atoms with Gasteiger partial charge in [-0.05, 0) is 13.3 Å². The second kappa shape index (κ2) is 4.66. The van der Waals surface area contributed by atoms with Crippen LogP contribution in [0.25, 0.3) is 0 Å². The summed E-state index contributed by atoms with van der Waals surface area (Å²) in [6.07, 6.45) is -0.714. The summed E-state index contributed by atoms with van der Waals surface area (Å²) >= 11 is 0. The lowest BCUT2D eigenvalue weighted by molar-refractivity contribution is -0.0958. The minimum Gasteiger partial charge on any atom is -0.368 e. The molecule has 0 aliphatic heterocycles. The van der Waals surface area contributed by atoms with E-state index >= 15 is 0 Å². The summed E-state index contributed by atoms with van der Waals surface area (Å²) < 4.78 is 0. The third-order valence-corrected chi connectivity index (χ3v) is 1.92. The van der Waals surface area contributed by atoms with Crippen LogP contribution in [0.5, 0.6) is 0 Å². The molecule has 0 aromatic rings. The Kier molecular flexibility index (Phi) is 4.60. The molecule has 0 aliphatic rings. The Morgan fingerprint density at radius 2 is 1.73 bits per heavy atom. The predicted molar refractivity (Wildman–Crippen MR) is 43.6 cm³/mol. The van der Waals surface area contributed by atoms with Gasteiger partial charge in [0.1, 0.15) is 0 Å². The maximum atomic E-state index is 8.88. The van der Waals surface area contributed by atoms with Crippen molar-refractivity contribution in [3.05, 3.63) is 0 Å². The monoisotopic (exact) mass is 162 g/mol. The summed E-state index contributed by atoms with van der Waals surface area (Å²) in [6, 6.07) is -0.528. The van der Waals surface area contributed by atoms with Crippen LogP contribution in [-0.2, 0) is 0 Å². The Morgan fingerprint density at radius 3 is 1.82 bits per heavy atom. The van der Waals surface area contributed by atoms with Crippen LogP contribution in [0.15, 0.2) is 0 Å². The van der Waals surface area contributed by atoms with Gasteiger partial charge in [0.15, 0.2) is 6.29 Å². The van der Waals surface area contributed by atoms with Gasteiger partial charge >= 0.3 is 0 Å². The third kappa shape index (κ3) is 3.16. The molecule has 0 radical (unpaired) electrons. The lowest BCUT2D eigenvalue weighted by atomic mass is 9.91. The highest BCUT2D eigenvalue weighted by atomic mass is 16.5. The highest BCUT2D eigenvalue weighted by Gasteiger charge is 2.26. The zero-order valence-electron chi connectivity index (χ0n) is 7.07. The van der Waals surface area contributed by atoms with Gasteiger partial charge in [-0.2, -0.15) is 0 Å². The smallest absolute Gasteiger partial charge is 0.157 e. The lowest BCUT2D eigenvalue weighted by Gasteiger charge is -2.27. The maximum Gasteiger partial charge on any atom is 0.157 e. The van der Waals surface area contributed by atoms with Crippen molar-refractivity contribution in [2.24, 2.45) is 17.4 Å². The number of nitrogens with two attached hydrogens (primary N) is 2. The van der Waals surface area contributed by atoms with E-state index in [0.717, 1.165) is 0 Å². The molecule has 11 heavy (non-hydrogen) atoms. The molecular formula is C7H18N2O2. The first-order valence-electron chi connectivity index (χ1n) is 3.88. The van der Waals surface area contributed by atoms with E-state index in [9.17, 15) is 0 Å². The Hall–Kier alpha value is -0.160. The normalized spacial score (nSPS) is 19.9. The molecule has 0 fully saturated rings. The Labute approximate surface area is 67.2 Å². The van der Waals surface area contributed by atoms with Crippen LogP contribution in [0.3, 0.4) is 0 Å². The minimum atomic E-state index is -1.41. The van der Waals surface area contributed by atoms with E-state index in [1.807, 2.05) is 6.92 Å². The molecule has 0 saturated heterocycles. The van der Waals surface area contributed by atoms with Crippen molar-refractivity contribution in [3.63, 3.8) is 0 Å². The van der Waals surface area contributed by atoms with Crippen LogP contribution in [-0.4, -0.2) is 28.6 Å². The predicted octanol–water partition coefficient (Wildman–Crippen LogP) is -1.00. The molecule has 0 spiro atoms. The van der Waals surface area contributed by atoms with E-state index in [1.165, 1.54) is 0 Å². The number of aliphatic hydroxyl groups is 2. The third-order valence-electron chi connectivity index (χ3n) is 1.92. The molecule has 0 aliphatic carbocycles. The van der Waals surface area contributed by atoms with Gasteiger partial charge in [-0.3, -0.25) is 0 Å². The van der Waals surface area contributed by atoms with Gasteiger partial charge in [0.2, 0.25) is 0 Å². The van der Waals surface area contributed by atoms with Crippen LogP contribution in [0.4, 0.5) is 0 Å². The van der Waals surface area contributed by atoms with Crippen molar-refractivity contribution in [2.75, 3.05) is 0 Å². The number of rotatable bonds is 4. The van der Waals surface area contributed by atoms with E-state index in [1.54, 1.807) is 6.92 Å². The molecule has 0 amide bonds. The zero-order chi connectivity index (χ0) is 9.02. The topological polar surface area (TPSA) is 92.5 Å². The van der Waals surface area contributed by atoms with E-state index in [-0.39, 0.29) is 12.1 Å². The van der Waals surface area contributed by atoms with Crippen LogP contribution >= 0.6 is 0 Å². The molecule has 3 atom stereocenters. The van der Waals surface area contributed by atoms with Crippen LogP contribution in [0, 0.1) is 5.92 Å². The van der Waals surface area contributed by atoms with Crippen LogP contribution in [0.2, 0.25) is 0 Å². The van der Waals surface area contributed by atoms with Crippen molar-refractivity contribution in [1.29, 1.82) is 0 Å². The molecule has 0 rings (SSSR count). The van der Waals surface area contributed by atoms with Crippen LogP contribution < -0.4 is 11.5 Å². The van der Waals surface area contributed by atoms with Gasteiger partial charge < -0.3 is 21.7 Å².